The Labute approximate surface area is 103 Å². The first kappa shape index (κ1) is 13.6. The van der Waals surface area contributed by atoms with Gasteiger partial charge in [-0.15, -0.1) is 0 Å². The zero-order valence-electron chi connectivity index (χ0n) is 10.7. The van der Waals surface area contributed by atoms with E-state index in [1.165, 1.54) is 0 Å². The minimum absolute atomic E-state index is 0.0840. The van der Waals surface area contributed by atoms with Gasteiger partial charge in [-0.2, -0.15) is 0 Å². The number of carbonyl (C=O) groups excluding carboxylic acids is 1. The summed E-state index contributed by atoms with van der Waals surface area (Å²) in [6, 6.07) is 6.21. The Bertz CT molecular complexity index is 338. The van der Waals surface area contributed by atoms with Crippen LogP contribution in [0.15, 0.2) is 24.4 Å². The molecule has 1 aromatic rings. The molecule has 0 saturated carbocycles. The number of amides is 1. The maximum absolute atomic E-state index is 11.4. The zero-order chi connectivity index (χ0) is 12.7. The molecule has 0 aliphatic carbocycles. The van der Waals surface area contributed by atoms with Gasteiger partial charge in [0.1, 0.15) is 0 Å². The highest BCUT2D eigenvalue weighted by molar-refractivity contribution is 5.76. The molecule has 0 aromatic carbocycles. The Balaban J connectivity index is 2.25. The fraction of sp³-hybridized carbons (Fsp3) is 0.538. The molecule has 0 aliphatic heterocycles. The monoisotopic (exact) mass is 235 g/mol. The van der Waals surface area contributed by atoms with Gasteiger partial charge < -0.3 is 10.6 Å². The summed E-state index contributed by atoms with van der Waals surface area (Å²) in [6.07, 6.45) is 2.27. The van der Waals surface area contributed by atoms with Crippen LogP contribution in [-0.2, 0) is 4.79 Å². The average molecular weight is 235 g/mol. The van der Waals surface area contributed by atoms with Crippen LogP contribution in [-0.4, -0.2) is 23.5 Å². The Morgan fingerprint density at radius 2 is 2.12 bits per heavy atom. The smallest absolute Gasteiger partial charge is 0.221 e. The fourth-order valence-corrected chi connectivity index (χ4v) is 1.53. The maximum Gasteiger partial charge on any atom is 0.221 e. The van der Waals surface area contributed by atoms with Gasteiger partial charge in [0.25, 0.3) is 0 Å². The van der Waals surface area contributed by atoms with E-state index in [1.54, 1.807) is 6.20 Å². The third-order valence-corrected chi connectivity index (χ3v) is 2.38. The standard InChI is InChI=1S/C13H21N3O/c1-10(2)16-13(17)7-9-14-11(3)12-6-4-5-8-15-12/h4-6,8,10-11,14H,7,9H2,1-3H3,(H,16,17). The first-order valence-electron chi connectivity index (χ1n) is 6.03. The second kappa shape index (κ2) is 7.01. The van der Waals surface area contributed by atoms with Gasteiger partial charge in [-0.25, -0.2) is 0 Å². The summed E-state index contributed by atoms with van der Waals surface area (Å²) in [6.45, 7) is 6.63. The summed E-state index contributed by atoms with van der Waals surface area (Å²) in [4.78, 5) is 15.7. The minimum Gasteiger partial charge on any atom is -0.354 e. The highest BCUT2D eigenvalue weighted by Gasteiger charge is 2.07. The molecule has 17 heavy (non-hydrogen) atoms. The van der Waals surface area contributed by atoms with E-state index >= 15 is 0 Å². The Hall–Kier alpha value is -1.42. The predicted molar refractivity (Wildman–Crippen MR) is 68.6 cm³/mol. The number of nitrogens with one attached hydrogen (secondary N) is 2. The third kappa shape index (κ3) is 5.45. The van der Waals surface area contributed by atoms with E-state index in [-0.39, 0.29) is 18.0 Å². The lowest BCUT2D eigenvalue weighted by molar-refractivity contribution is -0.121. The van der Waals surface area contributed by atoms with Crippen LogP contribution < -0.4 is 10.6 Å². The first-order valence-corrected chi connectivity index (χ1v) is 6.03. The van der Waals surface area contributed by atoms with Crippen LogP contribution in [0.2, 0.25) is 0 Å². The summed E-state index contributed by atoms with van der Waals surface area (Å²) >= 11 is 0. The summed E-state index contributed by atoms with van der Waals surface area (Å²) in [5, 5.41) is 6.14. The van der Waals surface area contributed by atoms with Gasteiger partial charge >= 0.3 is 0 Å². The molecular weight excluding hydrogens is 214 g/mol. The number of rotatable bonds is 6. The quantitative estimate of drug-likeness (QED) is 0.788. The van der Waals surface area contributed by atoms with Crippen LogP contribution >= 0.6 is 0 Å². The van der Waals surface area contributed by atoms with Crippen LogP contribution in [0.3, 0.4) is 0 Å². The summed E-state index contributed by atoms with van der Waals surface area (Å²) in [5.74, 6) is 0.0840. The van der Waals surface area contributed by atoms with Crippen molar-refractivity contribution in [2.45, 2.75) is 39.3 Å². The third-order valence-electron chi connectivity index (χ3n) is 2.38. The van der Waals surface area contributed by atoms with Crippen molar-refractivity contribution in [2.24, 2.45) is 0 Å². The molecular formula is C13H21N3O. The number of hydrogen-bond acceptors (Lipinski definition) is 3. The van der Waals surface area contributed by atoms with E-state index in [0.29, 0.717) is 13.0 Å². The van der Waals surface area contributed by atoms with Crippen LogP contribution in [0.4, 0.5) is 0 Å². The van der Waals surface area contributed by atoms with Crippen molar-refractivity contribution in [3.05, 3.63) is 30.1 Å². The van der Waals surface area contributed by atoms with Gasteiger partial charge in [0.15, 0.2) is 0 Å². The van der Waals surface area contributed by atoms with Crippen molar-refractivity contribution in [2.75, 3.05) is 6.54 Å². The number of carbonyl (C=O) groups is 1. The van der Waals surface area contributed by atoms with Crippen LogP contribution in [0.25, 0.3) is 0 Å². The molecule has 1 aromatic heterocycles. The first-order chi connectivity index (χ1) is 8.09. The molecule has 0 spiro atoms. The Morgan fingerprint density at radius 3 is 2.71 bits per heavy atom. The van der Waals surface area contributed by atoms with Crippen molar-refractivity contribution >= 4 is 5.91 Å². The zero-order valence-corrected chi connectivity index (χ0v) is 10.7. The lowest BCUT2D eigenvalue weighted by Crippen LogP contribution is -2.33. The number of nitrogens with zero attached hydrogens (tertiary/aromatic N) is 1. The Morgan fingerprint density at radius 1 is 1.35 bits per heavy atom. The minimum atomic E-state index is 0.0840. The number of hydrogen-bond donors (Lipinski definition) is 2. The highest BCUT2D eigenvalue weighted by atomic mass is 16.1. The van der Waals surface area contributed by atoms with Gasteiger partial charge in [0.2, 0.25) is 5.91 Å². The van der Waals surface area contributed by atoms with E-state index in [9.17, 15) is 4.79 Å². The fourth-order valence-electron chi connectivity index (χ4n) is 1.53. The maximum atomic E-state index is 11.4. The van der Waals surface area contributed by atoms with Crippen molar-refractivity contribution in [1.29, 1.82) is 0 Å². The molecule has 2 N–H and O–H groups in total. The molecule has 0 bridgehead atoms. The molecule has 4 heteroatoms. The lowest BCUT2D eigenvalue weighted by atomic mass is 10.2. The van der Waals surface area contributed by atoms with E-state index < -0.39 is 0 Å². The molecule has 0 saturated heterocycles. The van der Waals surface area contributed by atoms with E-state index in [0.717, 1.165) is 5.69 Å². The second-order valence-electron chi connectivity index (χ2n) is 4.40. The topological polar surface area (TPSA) is 54.0 Å². The SMILES string of the molecule is CC(C)NC(=O)CCNC(C)c1ccccn1. The highest BCUT2D eigenvalue weighted by Crippen LogP contribution is 2.07. The van der Waals surface area contributed by atoms with Crippen molar-refractivity contribution in [1.82, 2.24) is 15.6 Å². The molecule has 1 rings (SSSR count). The van der Waals surface area contributed by atoms with Gasteiger partial charge in [-0.3, -0.25) is 9.78 Å². The molecule has 0 fully saturated rings. The molecule has 1 amide bonds. The normalized spacial score (nSPS) is 12.5. The van der Waals surface area contributed by atoms with E-state index in [4.69, 9.17) is 0 Å². The largest absolute Gasteiger partial charge is 0.354 e. The Kier molecular flexibility index (Phi) is 5.63. The van der Waals surface area contributed by atoms with Gasteiger partial charge in [0.05, 0.1) is 5.69 Å². The van der Waals surface area contributed by atoms with Crippen molar-refractivity contribution < 1.29 is 4.79 Å². The molecule has 1 unspecified atom stereocenters. The molecule has 0 radical (unpaired) electrons. The number of pyridine rings is 1. The summed E-state index contributed by atoms with van der Waals surface area (Å²) in [5.41, 5.74) is 0.997. The number of aromatic nitrogens is 1. The van der Waals surface area contributed by atoms with Crippen LogP contribution in [0, 0.1) is 0 Å². The van der Waals surface area contributed by atoms with Crippen LogP contribution in [0.1, 0.15) is 38.9 Å². The van der Waals surface area contributed by atoms with Crippen LogP contribution in [0.5, 0.6) is 0 Å². The van der Waals surface area contributed by atoms with E-state index in [2.05, 4.69) is 15.6 Å². The predicted octanol–water partition coefficient (Wildman–Crippen LogP) is 1.65. The van der Waals surface area contributed by atoms with Gasteiger partial charge in [-0.1, -0.05) is 6.07 Å². The van der Waals surface area contributed by atoms with Gasteiger partial charge in [-0.05, 0) is 32.9 Å². The molecule has 1 atom stereocenters. The summed E-state index contributed by atoms with van der Waals surface area (Å²) < 4.78 is 0. The second-order valence-corrected chi connectivity index (χ2v) is 4.40. The molecule has 4 nitrogen and oxygen atoms in total. The molecule has 1 heterocycles. The van der Waals surface area contributed by atoms with Crippen molar-refractivity contribution in [3.63, 3.8) is 0 Å². The average Bonchev–Trinajstić information content (AvgIpc) is 2.29. The van der Waals surface area contributed by atoms with E-state index in [1.807, 2.05) is 39.0 Å². The lowest BCUT2D eigenvalue weighted by Gasteiger charge is -2.13. The van der Waals surface area contributed by atoms with Gasteiger partial charge in [0, 0.05) is 31.2 Å². The molecule has 94 valence electrons. The molecule has 0 aliphatic rings. The van der Waals surface area contributed by atoms with Crippen molar-refractivity contribution in [3.8, 4) is 0 Å². The summed E-state index contributed by atoms with van der Waals surface area (Å²) in [7, 11) is 0.